The molecule has 0 unspecified atom stereocenters. The van der Waals surface area contributed by atoms with Crippen LogP contribution in [-0.4, -0.2) is 34.9 Å². The molecule has 106 valence electrons. The standard InChI is InChI=1S/C14H18N4O2/c1-17(10-12-8-9-15-18(12)2)14(19)16-11-4-6-13(20-3)7-5-11/h4-9H,10H2,1-3H3,(H,16,19). The van der Waals surface area contributed by atoms with Crippen LogP contribution in [0.2, 0.25) is 0 Å². The van der Waals surface area contributed by atoms with Crippen LogP contribution < -0.4 is 10.1 Å². The summed E-state index contributed by atoms with van der Waals surface area (Å²) in [5.41, 5.74) is 1.70. The maximum Gasteiger partial charge on any atom is 0.321 e. The number of carbonyl (C=O) groups is 1. The molecule has 0 aliphatic rings. The van der Waals surface area contributed by atoms with Crippen molar-refractivity contribution in [3.8, 4) is 5.75 Å². The Bertz CT molecular complexity index is 577. The predicted molar refractivity (Wildman–Crippen MR) is 76.7 cm³/mol. The number of nitrogens with zero attached hydrogens (tertiary/aromatic N) is 3. The Morgan fingerprint density at radius 2 is 2.05 bits per heavy atom. The Labute approximate surface area is 118 Å². The van der Waals surface area contributed by atoms with Crippen molar-refractivity contribution in [1.82, 2.24) is 14.7 Å². The van der Waals surface area contributed by atoms with Crippen LogP contribution >= 0.6 is 0 Å². The van der Waals surface area contributed by atoms with Gasteiger partial charge in [0, 0.05) is 26.0 Å². The third-order valence-electron chi connectivity index (χ3n) is 3.01. The zero-order chi connectivity index (χ0) is 14.5. The smallest absolute Gasteiger partial charge is 0.321 e. The molecule has 1 N–H and O–H groups in total. The van der Waals surface area contributed by atoms with E-state index in [1.807, 2.05) is 13.1 Å². The summed E-state index contributed by atoms with van der Waals surface area (Å²) in [4.78, 5) is 13.7. The number of nitrogens with one attached hydrogen (secondary N) is 1. The molecule has 2 aromatic rings. The highest BCUT2D eigenvalue weighted by molar-refractivity contribution is 5.89. The zero-order valence-electron chi connectivity index (χ0n) is 11.8. The third-order valence-corrected chi connectivity index (χ3v) is 3.01. The van der Waals surface area contributed by atoms with Gasteiger partial charge in [-0.1, -0.05) is 0 Å². The summed E-state index contributed by atoms with van der Waals surface area (Å²) in [5, 5.41) is 6.90. The molecular weight excluding hydrogens is 256 g/mol. The van der Waals surface area contributed by atoms with Crippen molar-refractivity contribution in [2.45, 2.75) is 6.54 Å². The van der Waals surface area contributed by atoms with Crippen LogP contribution in [0, 0.1) is 0 Å². The number of anilines is 1. The quantitative estimate of drug-likeness (QED) is 0.928. The molecule has 1 aromatic carbocycles. The molecule has 1 aromatic heterocycles. The highest BCUT2D eigenvalue weighted by atomic mass is 16.5. The first-order valence-electron chi connectivity index (χ1n) is 6.23. The van der Waals surface area contributed by atoms with Gasteiger partial charge in [-0.15, -0.1) is 0 Å². The van der Waals surface area contributed by atoms with Crippen molar-refractivity contribution >= 4 is 11.7 Å². The Morgan fingerprint density at radius 1 is 1.35 bits per heavy atom. The average molecular weight is 274 g/mol. The Balaban J connectivity index is 1.95. The number of methoxy groups -OCH3 is 1. The largest absolute Gasteiger partial charge is 0.497 e. The molecule has 0 radical (unpaired) electrons. The molecule has 6 heteroatoms. The maximum absolute atomic E-state index is 12.1. The number of amides is 2. The highest BCUT2D eigenvalue weighted by Gasteiger charge is 2.11. The maximum atomic E-state index is 12.1. The van der Waals surface area contributed by atoms with Crippen LogP contribution in [0.5, 0.6) is 5.75 Å². The van der Waals surface area contributed by atoms with Gasteiger partial charge in [-0.25, -0.2) is 4.79 Å². The number of urea groups is 1. The van der Waals surface area contributed by atoms with E-state index in [0.29, 0.717) is 6.54 Å². The minimum Gasteiger partial charge on any atom is -0.497 e. The number of ether oxygens (including phenoxy) is 1. The molecule has 1 heterocycles. The molecular formula is C14H18N4O2. The lowest BCUT2D eigenvalue weighted by molar-refractivity contribution is 0.219. The van der Waals surface area contributed by atoms with Gasteiger partial charge in [0.15, 0.2) is 0 Å². The van der Waals surface area contributed by atoms with E-state index in [9.17, 15) is 4.79 Å². The molecule has 2 amide bonds. The number of carbonyl (C=O) groups excluding carboxylic acids is 1. The first-order valence-corrected chi connectivity index (χ1v) is 6.23. The van der Waals surface area contributed by atoms with E-state index in [0.717, 1.165) is 17.1 Å². The highest BCUT2D eigenvalue weighted by Crippen LogP contribution is 2.15. The Kier molecular flexibility index (Phi) is 4.24. The van der Waals surface area contributed by atoms with Crippen molar-refractivity contribution in [1.29, 1.82) is 0 Å². The van der Waals surface area contributed by atoms with E-state index in [4.69, 9.17) is 4.74 Å². The van der Waals surface area contributed by atoms with Gasteiger partial charge in [0.1, 0.15) is 5.75 Å². The summed E-state index contributed by atoms with van der Waals surface area (Å²) in [5.74, 6) is 0.756. The van der Waals surface area contributed by atoms with E-state index in [1.165, 1.54) is 0 Å². The second-order valence-corrected chi connectivity index (χ2v) is 4.46. The SMILES string of the molecule is COc1ccc(NC(=O)N(C)Cc2ccnn2C)cc1. The number of rotatable bonds is 4. The molecule has 20 heavy (non-hydrogen) atoms. The lowest BCUT2D eigenvalue weighted by Gasteiger charge is -2.18. The van der Waals surface area contributed by atoms with E-state index in [-0.39, 0.29) is 6.03 Å². The summed E-state index contributed by atoms with van der Waals surface area (Å²) in [6.45, 7) is 0.499. The molecule has 0 atom stereocenters. The van der Waals surface area contributed by atoms with Gasteiger partial charge in [0.2, 0.25) is 0 Å². The van der Waals surface area contributed by atoms with E-state index in [1.54, 1.807) is 54.2 Å². The van der Waals surface area contributed by atoms with Gasteiger partial charge in [0.25, 0.3) is 0 Å². The van der Waals surface area contributed by atoms with Crippen molar-refractivity contribution in [3.05, 3.63) is 42.2 Å². The summed E-state index contributed by atoms with van der Waals surface area (Å²) in [6, 6.07) is 8.92. The monoisotopic (exact) mass is 274 g/mol. The summed E-state index contributed by atoms with van der Waals surface area (Å²) in [7, 11) is 5.20. The second-order valence-electron chi connectivity index (χ2n) is 4.46. The molecule has 0 bridgehead atoms. The number of benzene rings is 1. The zero-order valence-corrected chi connectivity index (χ0v) is 11.8. The number of hydrogen-bond acceptors (Lipinski definition) is 3. The predicted octanol–water partition coefficient (Wildman–Crippen LogP) is 2.09. The molecule has 0 aliphatic heterocycles. The van der Waals surface area contributed by atoms with Crippen molar-refractivity contribution in [2.75, 3.05) is 19.5 Å². The summed E-state index contributed by atoms with van der Waals surface area (Å²) >= 11 is 0. The van der Waals surface area contributed by atoms with Crippen LogP contribution in [0.4, 0.5) is 10.5 Å². The molecule has 0 fully saturated rings. The molecule has 0 spiro atoms. The van der Waals surface area contributed by atoms with Gasteiger partial charge in [-0.3, -0.25) is 4.68 Å². The van der Waals surface area contributed by atoms with Gasteiger partial charge >= 0.3 is 6.03 Å². The Morgan fingerprint density at radius 3 is 2.60 bits per heavy atom. The lowest BCUT2D eigenvalue weighted by atomic mass is 10.3. The van der Waals surface area contributed by atoms with E-state index in [2.05, 4.69) is 10.4 Å². The molecule has 0 saturated carbocycles. The summed E-state index contributed by atoms with van der Waals surface area (Å²) < 4.78 is 6.82. The van der Waals surface area contributed by atoms with E-state index < -0.39 is 0 Å². The average Bonchev–Trinajstić information content (AvgIpc) is 2.85. The van der Waals surface area contributed by atoms with Gasteiger partial charge in [-0.05, 0) is 30.3 Å². The molecule has 2 rings (SSSR count). The number of hydrogen-bond donors (Lipinski definition) is 1. The lowest BCUT2D eigenvalue weighted by Crippen LogP contribution is -2.31. The first kappa shape index (κ1) is 13.9. The fourth-order valence-corrected chi connectivity index (χ4v) is 1.76. The van der Waals surface area contributed by atoms with Gasteiger partial charge < -0.3 is 15.0 Å². The second kappa shape index (κ2) is 6.10. The third kappa shape index (κ3) is 3.28. The minimum atomic E-state index is -0.170. The molecule has 0 aliphatic carbocycles. The Hall–Kier alpha value is -2.50. The van der Waals surface area contributed by atoms with Crippen LogP contribution in [0.1, 0.15) is 5.69 Å². The van der Waals surface area contributed by atoms with Crippen molar-refractivity contribution in [2.24, 2.45) is 7.05 Å². The van der Waals surface area contributed by atoms with Crippen molar-refractivity contribution < 1.29 is 9.53 Å². The van der Waals surface area contributed by atoms with Crippen molar-refractivity contribution in [3.63, 3.8) is 0 Å². The van der Waals surface area contributed by atoms with Crippen LogP contribution in [0.15, 0.2) is 36.5 Å². The minimum absolute atomic E-state index is 0.170. The number of aromatic nitrogens is 2. The normalized spacial score (nSPS) is 10.2. The van der Waals surface area contributed by atoms with Crippen LogP contribution in [0.3, 0.4) is 0 Å². The van der Waals surface area contributed by atoms with Gasteiger partial charge in [0.05, 0.1) is 19.3 Å². The van der Waals surface area contributed by atoms with Crippen LogP contribution in [-0.2, 0) is 13.6 Å². The molecule has 0 saturated heterocycles. The first-order chi connectivity index (χ1) is 9.60. The van der Waals surface area contributed by atoms with Gasteiger partial charge in [-0.2, -0.15) is 5.10 Å². The topological polar surface area (TPSA) is 59.4 Å². The molecule has 6 nitrogen and oxygen atoms in total. The fourth-order valence-electron chi connectivity index (χ4n) is 1.76. The van der Waals surface area contributed by atoms with E-state index >= 15 is 0 Å². The summed E-state index contributed by atoms with van der Waals surface area (Å²) in [6.07, 6.45) is 1.71. The number of aryl methyl sites for hydroxylation is 1. The fraction of sp³-hybridized carbons (Fsp3) is 0.286. The van der Waals surface area contributed by atoms with Crippen LogP contribution in [0.25, 0.3) is 0 Å².